The summed E-state index contributed by atoms with van der Waals surface area (Å²) >= 11 is 1.74. The van der Waals surface area contributed by atoms with Gasteiger partial charge < -0.3 is 5.73 Å². The summed E-state index contributed by atoms with van der Waals surface area (Å²) < 4.78 is 0. The molecule has 3 nitrogen and oxygen atoms in total. The molecule has 0 aliphatic carbocycles. The van der Waals surface area contributed by atoms with Gasteiger partial charge in [-0.05, 0) is 22.4 Å². The lowest BCUT2D eigenvalue weighted by Gasteiger charge is -2.49. The number of nitrogens with zero attached hydrogens (tertiary/aromatic N) is 2. The summed E-state index contributed by atoms with van der Waals surface area (Å²) in [6.07, 6.45) is 0. The van der Waals surface area contributed by atoms with Crippen LogP contribution >= 0.6 is 11.3 Å². The van der Waals surface area contributed by atoms with Crippen molar-refractivity contribution in [1.82, 2.24) is 9.80 Å². The third kappa shape index (κ3) is 1.72. The highest BCUT2D eigenvalue weighted by Gasteiger charge is 2.35. The minimum Gasteiger partial charge on any atom is -0.323 e. The van der Waals surface area contributed by atoms with Crippen LogP contribution < -0.4 is 5.73 Å². The van der Waals surface area contributed by atoms with E-state index in [9.17, 15) is 0 Å². The summed E-state index contributed by atoms with van der Waals surface area (Å²) in [7, 11) is 0. The quantitative estimate of drug-likeness (QED) is 0.803. The first-order valence-corrected chi connectivity index (χ1v) is 6.53. The van der Waals surface area contributed by atoms with E-state index in [-0.39, 0.29) is 6.04 Å². The predicted octanol–water partition coefficient (Wildman–Crippen LogP) is 0.748. The van der Waals surface area contributed by atoms with E-state index in [1.54, 1.807) is 11.3 Å². The Morgan fingerprint density at radius 3 is 2.67 bits per heavy atom. The molecule has 3 aliphatic heterocycles. The Labute approximate surface area is 94.5 Å². The summed E-state index contributed by atoms with van der Waals surface area (Å²) in [6.45, 7) is 6.00. The maximum Gasteiger partial charge on any atom is 0.0473 e. The highest BCUT2D eigenvalue weighted by atomic mass is 32.1. The molecular weight excluding hydrogens is 206 g/mol. The fourth-order valence-electron chi connectivity index (χ4n) is 2.69. The molecule has 4 heteroatoms. The summed E-state index contributed by atoms with van der Waals surface area (Å²) in [6, 6.07) is 2.88. The second-order valence-corrected chi connectivity index (χ2v) is 5.27. The molecular formula is C11H17N3S. The zero-order chi connectivity index (χ0) is 10.3. The van der Waals surface area contributed by atoms with Crippen molar-refractivity contribution in [1.29, 1.82) is 0 Å². The number of nitrogens with two attached hydrogens (primary N) is 1. The predicted molar refractivity (Wildman–Crippen MR) is 63.0 cm³/mol. The molecule has 2 unspecified atom stereocenters. The Bertz CT molecular complexity index is 317. The van der Waals surface area contributed by atoms with Crippen molar-refractivity contribution >= 4 is 11.3 Å². The number of thiophene rings is 1. The van der Waals surface area contributed by atoms with Gasteiger partial charge >= 0.3 is 0 Å². The van der Waals surface area contributed by atoms with Crippen molar-refractivity contribution in [3.05, 3.63) is 22.4 Å². The minimum absolute atomic E-state index is 0.194. The molecule has 3 fully saturated rings. The first-order valence-electron chi connectivity index (χ1n) is 5.59. The molecule has 2 N–H and O–H groups in total. The first-order chi connectivity index (χ1) is 7.34. The fraction of sp³-hybridized carbons (Fsp3) is 0.636. The van der Waals surface area contributed by atoms with Crippen LogP contribution in [0, 0.1) is 0 Å². The standard InChI is InChI=1S/C11H17N3S/c12-11(9-1-6-15-8-9)10-7-13-2-4-14(10)5-3-13/h1,6,8,10-11H,2-5,7,12H2. The van der Waals surface area contributed by atoms with Gasteiger partial charge in [0.2, 0.25) is 0 Å². The molecule has 82 valence electrons. The normalized spacial score (nSPS) is 36.7. The summed E-state index contributed by atoms with van der Waals surface area (Å²) in [5.74, 6) is 0. The Balaban J connectivity index is 1.77. The Morgan fingerprint density at radius 2 is 2.13 bits per heavy atom. The van der Waals surface area contributed by atoms with Gasteiger partial charge in [-0.3, -0.25) is 9.80 Å². The van der Waals surface area contributed by atoms with Gasteiger partial charge in [-0.2, -0.15) is 11.3 Å². The smallest absolute Gasteiger partial charge is 0.0473 e. The third-order valence-corrected chi connectivity index (χ3v) is 4.37. The molecule has 1 aromatic heterocycles. The van der Waals surface area contributed by atoms with Crippen LogP contribution in [-0.4, -0.2) is 48.6 Å². The van der Waals surface area contributed by atoms with Gasteiger partial charge in [0.05, 0.1) is 0 Å². The van der Waals surface area contributed by atoms with Gasteiger partial charge in [0.15, 0.2) is 0 Å². The maximum atomic E-state index is 6.34. The van der Waals surface area contributed by atoms with E-state index in [0.717, 1.165) is 6.54 Å². The second kappa shape index (κ2) is 3.87. The lowest BCUT2D eigenvalue weighted by molar-refractivity contribution is 0.00220. The number of hydrogen-bond donors (Lipinski definition) is 1. The van der Waals surface area contributed by atoms with Crippen molar-refractivity contribution < 1.29 is 0 Å². The van der Waals surface area contributed by atoms with Gasteiger partial charge in [-0.15, -0.1) is 0 Å². The Morgan fingerprint density at radius 1 is 1.33 bits per heavy atom. The van der Waals surface area contributed by atoms with Crippen molar-refractivity contribution in [2.45, 2.75) is 12.1 Å². The van der Waals surface area contributed by atoms with E-state index in [4.69, 9.17) is 5.73 Å². The minimum atomic E-state index is 0.194. The lowest BCUT2D eigenvalue weighted by Crippen LogP contribution is -2.63. The summed E-state index contributed by atoms with van der Waals surface area (Å²) in [5, 5.41) is 4.30. The summed E-state index contributed by atoms with van der Waals surface area (Å²) in [5.41, 5.74) is 7.64. The van der Waals surface area contributed by atoms with E-state index in [1.165, 1.54) is 31.7 Å². The van der Waals surface area contributed by atoms with Crippen LogP contribution in [0.25, 0.3) is 0 Å². The SMILES string of the molecule is NC(c1ccsc1)C1CN2CCN1CC2. The number of hydrogen-bond acceptors (Lipinski definition) is 4. The van der Waals surface area contributed by atoms with Crippen molar-refractivity contribution in [2.75, 3.05) is 32.7 Å². The molecule has 0 saturated carbocycles. The van der Waals surface area contributed by atoms with Gasteiger partial charge in [0.25, 0.3) is 0 Å². The van der Waals surface area contributed by atoms with Gasteiger partial charge in [-0.1, -0.05) is 0 Å². The van der Waals surface area contributed by atoms with E-state index in [2.05, 4.69) is 26.6 Å². The molecule has 15 heavy (non-hydrogen) atoms. The summed E-state index contributed by atoms with van der Waals surface area (Å²) in [4.78, 5) is 5.10. The number of fused-ring (bicyclic) bond motifs is 3. The molecule has 2 bridgehead atoms. The van der Waals surface area contributed by atoms with Crippen LogP contribution in [0.2, 0.25) is 0 Å². The second-order valence-electron chi connectivity index (χ2n) is 4.49. The van der Waals surface area contributed by atoms with Gasteiger partial charge in [0, 0.05) is 44.8 Å². The van der Waals surface area contributed by atoms with Gasteiger partial charge in [-0.25, -0.2) is 0 Å². The third-order valence-electron chi connectivity index (χ3n) is 3.66. The van der Waals surface area contributed by atoms with E-state index in [0.29, 0.717) is 6.04 Å². The highest BCUT2D eigenvalue weighted by molar-refractivity contribution is 7.07. The van der Waals surface area contributed by atoms with E-state index >= 15 is 0 Å². The average Bonchev–Trinajstić information content (AvgIpc) is 2.83. The molecule has 4 rings (SSSR count). The molecule has 4 heterocycles. The molecule has 3 saturated heterocycles. The lowest BCUT2D eigenvalue weighted by atomic mass is 9.97. The van der Waals surface area contributed by atoms with Crippen molar-refractivity contribution in [3.8, 4) is 0 Å². The maximum absolute atomic E-state index is 6.34. The van der Waals surface area contributed by atoms with Crippen LogP contribution in [-0.2, 0) is 0 Å². The molecule has 3 aliphatic rings. The monoisotopic (exact) mass is 223 g/mol. The molecule has 1 aromatic rings. The van der Waals surface area contributed by atoms with E-state index in [1.807, 2.05) is 0 Å². The molecule has 0 spiro atoms. The van der Waals surface area contributed by atoms with Gasteiger partial charge in [0.1, 0.15) is 0 Å². The van der Waals surface area contributed by atoms with Crippen LogP contribution in [0.1, 0.15) is 11.6 Å². The first kappa shape index (κ1) is 9.78. The zero-order valence-corrected chi connectivity index (χ0v) is 9.62. The van der Waals surface area contributed by atoms with Crippen LogP contribution in [0.5, 0.6) is 0 Å². The Kier molecular flexibility index (Phi) is 2.52. The molecule has 0 aromatic carbocycles. The fourth-order valence-corrected chi connectivity index (χ4v) is 3.39. The largest absolute Gasteiger partial charge is 0.323 e. The number of rotatable bonds is 2. The molecule has 0 amide bonds. The van der Waals surface area contributed by atoms with Crippen LogP contribution in [0.15, 0.2) is 16.8 Å². The number of piperazine rings is 3. The zero-order valence-electron chi connectivity index (χ0n) is 8.80. The molecule has 2 atom stereocenters. The van der Waals surface area contributed by atoms with Crippen LogP contribution in [0.3, 0.4) is 0 Å². The van der Waals surface area contributed by atoms with E-state index < -0.39 is 0 Å². The highest BCUT2D eigenvalue weighted by Crippen LogP contribution is 2.26. The average molecular weight is 223 g/mol. The topological polar surface area (TPSA) is 32.5 Å². The van der Waals surface area contributed by atoms with Crippen LogP contribution in [0.4, 0.5) is 0 Å². The Hall–Kier alpha value is -0.420. The van der Waals surface area contributed by atoms with Crippen molar-refractivity contribution in [2.24, 2.45) is 5.73 Å². The molecule has 0 radical (unpaired) electrons. The van der Waals surface area contributed by atoms with Crippen molar-refractivity contribution in [3.63, 3.8) is 0 Å².